The molecule has 7 rings (SSSR count). The normalized spacial score (nSPS) is 14.1. The third-order valence-corrected chi connectivity index (χ3v) is 7.81. The Bertz CT molecular complexity index is 1880. The van der Waals surface area contributed by atoms with Crippen molar-refractivity contribution in [3.05, 3.63) is 85.3 Å². The number of hydrogen-bond donors (Lipinski definition) is 3. The summed E-state index contributed by atoms with van der Waals surface area (Å²) in [5, 5.41) is 11.9. The number of benzene rings is 1. The lowest BCUT2D eigenvalue weighted by Gasteiger charge is -2.22. The Morgan fingerprint density at radius 3 is 2.78 bits per heavy atom. The molecular weight excluding hydrogens is 515 g/mol. The Hall–Kier alpha value is -4.92. The monoisotopic (exact) mass is 544 g/mol. The first kappa shape index (κ1) is 25.1. The van der Waals surface area contributed by atoms with Crippen LogP contribution in [0.1, 0.15) is 38.5 Å². The lowest BCUT2D eigenvalue weighted by atomic mass is 9.86. The molecule has 5 aromatic heterocycles. The third kappa shape index (κ3) is 5.06. The van der Waals surface area contributed by atoms with Gasteiger partial charge >= 0.3 is 0 Å². The lowest BCUT2D eigenvalue weighted by molar-refractivity contribution is 0.357. The first-order chi connectivity index (χ1) is 20.1. The number of nitrogens with one attached hydrogen (secondary N) is 3. The lowest BCUT2D eigenvalue weighted by Crippen LogP contribution is -2.10. The molecule has 0 aliphatic heterocycles. The van der Waals surface area contributed by atoms with E-state index in [4.69, 9.17) is 4.98 Å². The maximum atomic E-state index is 13.9. The van der Waals surface area contributed by atoms with Crippen molar-refractivity contribution in [2.45, 2.75) is 38.5 Å². The van der Waals surface area contributed by atoms with Crippen molar-refractivity contribution in [2.75, 3.05) is 5.32 Å². The molecule has 41 heavy (non-hydrogen) atoms. The number of nitrogens with zero attached hydrogens (tertiary/aromatic N) is 5. The van der Waals surface area contributed by atoms with Crippen molar-refractivity contribution in [3.8, 4) is 33.9 Å². The van der Waals surface area contributed by atoms with Crippen LogP contribution in [0, 0.1) is 11.7 Å². The molecule has 0 unspecified atom stereocenters. The van der Waals surface area contributed by atoms with Gasteiger partial charge in [-0.2, -0.15) is 5.10 Å². The fourth-order valence-corrected chi connectivity index (χ4v) is 5.82. The van der Waals surface area contributed by atoms with E-state index in [9.17, 15) is 4.39 Å². The number of halogens is 1. The quantitative estimate of drug-likeness (QED) is 0.190. The van der Waals surface area contributed by atoms with E-state index in [1.807, 2.05) is 30.5 Å². The average molecular weight is 545 g/mol. The Kier molecular flexibility index (Phi) is 6.47. The van der Waals surface area contributed by atoms with Gasteiger partial charge in [0.1, 0.15) is 11.5 Å². The molecule has 204 valence electrons. The highest BCUT2D eigenvalue weighted by Gasteiger charge is 2.18. The summed E-state index contributed by atoms with van der Waals surface area (Å²) in [5.41, 5.74) is 7.81. The number of fused-ring (bicyclic) bond motifs is 2. The van der Waals surface area contributed by atoms with Gasteiger partial charge in [-0.15, -0.1) is 0 Å². The van der Waals surface area contributed by atoms with Crippen molar-refractivity contribution in [1.29, 1.82) is 0 Å². The highest BCUT2D eigenvalue weighted by Crippen LogP contribution is 2.33. The zero-order valence-corrected chi connectivity index (χ0v) is 22.5. The van der Waals surface area contributed by atoms with E-state index in [2.05, 4.69) is 42.0 Å². The minimum Gasteiger partial charge on any atom is -0.358 e. The van der Waals surface area contributed by atoms with Crippen molar-refractivity contribution >= 4 is 27.8 Å². The summed E-state index contributed by atoms with van der Waals surface area (Å²) >= 11 is 0. The van der Waals surface area contributed by atoms with Gasteiger partial charge < -0.3 is 10.3 Å². The Morgan fingerprint density at radius 1 is 1.00 bits per heavy atom. The fourth-order valence-electron chi connectivity index (χ4n) is 5.82. The summed E-state index contributed by atoms with van der Waals surface area (Å²) in [6.07, 6.45) is 14.6. The molecule has 0 amide bonds. The van der Waals surface area contributed by atoms with Crippen LogP contribution in [-0.4, -0.2) is 35.1 Å². The molecular formula is C32H29FN8. The number of pyridine rings is 3. The fraction of sp³-hybridized carbons (Fsp3) is 0.219. The second kappa shape index (κ2) is 10.6. The topological polar surface area (TPSA) is 108 Å². The predicted octanol–water partition coefficient (Wildman–Crippen LogP) is 7.66. The highest BCUT2D eigenvalue weighted by atomic mass is 19.1. The minimum absolute atomic E-state index is 0.298. The van der Waals surface area contributed by atoms with Crippen LogP contribution in [0.3, 0.4) is 0 Å². The number of allylic oxidation sites excluding steroid dienone is 1. The largest absolute Gasteiger partial charge is 0.358 e. The van der Waals surface area contributed by atoms with Gasteiger partial charge in [-0.3, -0.25) is 15.1 Å². The number of aromatic nitrogens is 7. The molecule has 3 N–H and O–H groups in total. The van der Waals surface area contributed by atoms with Crippen molar-refractivity contribution < 1.29 is 4.39 Å². The SMILES string of the molecule is C=C(CC1CCCCC1)Nc1cncc(-c2cc3c(-c4nc5nccc(-c6cccc(F)c6)c5[nH]4)n[nH]c3cn2)c1. The van der Waals surface area contributed by atoms with Gasteiger partial charge in [-0.1, -0.05) is 50.8 Å². The minimum atomic E-state index is -0.298. The Balaban J connectivity index is 1.19. The first-order valence-electron chi connectivity index (χ1n) is 14.0. The molecule has 8 nitrogen and oxygen atoms in total. The van der Waals surface area contributed by atoms with Crippen molar-refractivity contribution in [3.63, 3.8) is 0 Å². The predicted molar refractivity (Wildman–Crippen MR) is 159 cm³/mol. The molecule has 1 aliphatic rings. The van der Waals surface area contributed by atoms with Gasteiger partial charge in [0.05, 0.1) is 34.8 Å². The average Bonchev–Trinajstić information content (AvgIpc) is 3.61. The van der Waals surface area contributed by atoms with Gasteiger partial charge in [0.15, 0.2) is 11.5 Å². The summed E-state index contributed by atoms with van der Waals surface area (Å²) in [4.78, 5) is 21.6. The number of imidazole rings is 1. The van der Waals surface area contributed by atoms with Crippen molar-refractivity contribution in [2.24, 2.45) is 5.92 Å². The van der Waals surface area contributed by atoms with Gasteiger partial charge in [0, 0.05) is 34.6 Å². The Labute approximate surface area is 236 Å². The highest BCUT2D eigenvalue weighted by molar-refractivity contribution is 5.96. The van der Waals surface area contributed by atoms with Gasteiger partial charge in [-0.05, 0) is 48.2 Å². The van der Waals surface area contributed by atoms with Crippen LogP contribution in [0.25, 0.3) is 56.0 Å². The molecule has 1 fully saturated rings. The maximum absolute atomic E-state index is 13.9. The molecule has 0 radical (unpaired) electrons. The zero-order chi connectivity index (χ0) is 27.8. The molecule has 5 heterocycles. The summed E-state index contributed by atoms with van der Waals surface area (Å²) in [6, 6.07) is 12.4. The van der Waals surface area contributed by atoms with E-state index in [0.29, 0.717) is 23.1 Å². The van der Waals surface area contributed by atoms with E-state index in [1.54, 1.807) is 24.7 Å². The maximum Gasteiger partial charge on any atom is 0.178 e. The summed E-state index contributed by atoms with van der Waals surface area (Å²) in [6.45, 7) is 4.27. The molecule has 1 aromatic carbocycles. The molecule has 0 atom stereocenters. The first-order valence-corrected chi connectivity index (χ1v) is 14.0. The smallest absolute Gasteiger partial charge is 0.178 e. The number of anilines is 1. The zero-order valence-electron chi connectivity index (χ0n) is 22.5. The van der Waals surface area contributed by atoms with Crippen LogP contribution >= 0.6 is 0 Å². The molecule has 6 aromatic rings. The number of rotatable bonds is 7. The Morgan fingerprint density at radius 2 is 1.90 bits per heavy atom. The molecule has 0 spiro atoms. The number of H-pyrrole nitrogens is 2. The van der Waals surface area contributed by atoms with Gasteiger partial charge in [0.25, 0.3) is 0 Å². The van der Waals surface area contributed by atoms with E-state index in [1.165, 1.54) is 44.2 Å². The summed E-state index contributed by atoms with van der Waals surface area (Å²) in [7, 11) is 0. The number of hydrogen-bond acceptors (Lipinski definition) is 6. The van der Waals surface area contributed by atoms with Crippen LogP contribution < -0.4 is 5.32 Å². The van der Waals surface area contributed by atoms with E-state index in [-0.39, 0.29) is 5.82 Å². The van der Waals surface area contributed by atoms with E-state index < -0.39 is 0 Å². The standard InChI is InChI=1S/C32H29FN8/c1-19(12-20-6-3-2-4-7-20)37-24-14-22(16-34-17-24)27-15-26-28(18-36-27)40-41-30(26)32-38-29-25(10-11-35-31(29)39-32)21-8-5-9-23(33)13-21/h5,8-11,13-18,20,37H,1-4,6-7,12H2,(H,40,41)(H,35,38,39). The van der Waals surface area contributed by atoms with E-state index >= 15 is 0 Å². The van der Waals surface area contributed by atoms with Gasteiger partial charge in [0.2, 0.25) is 0 Å². The summed E-state index contributed by atoms with van der Waals surface area (Å²) < 4.78 is 13.9. The van der Waals surface area contributed by atoms with Gasteiger partial charge in [-0.25, -0.2) is 14.4 Å². The van der Waals surface area contributed by atoms with Crippen molar-refractivity contribution in [1.82, 2.24) is 35.1 Å². The van der Waals surface area contributed by atoms with Crippen LogP contribution in [0.2, 0.25) is 0 Å². The molecule has 1 saturated carbocycles. The van der Waals surface area contributed by atoms with Crippen LogP contribution in [0.4, 0.5) is 10.1 Å². The van der Waals surface area contributed by atoms with Crippen LogP contribution in [-0.2, 0) is 0 Å². The second-order valence-electron chi connectivity index (χ2n) is 10.7. The second-order valence-corrected chi connectivity index (χ2v) is 10.7. The molecule has 1 aliphatic carbocycles. The number of aromatic amines is 2. The summed E-state index contributed by atoms with van der Waals surface area (Å²) in [5.74, 6) is 0.974. The molecule has 0 bridgehead atoms. The van der Waals surface area contributed by atoms with E-state index in [0.717, 1.165) is 56.6 Å². The molecule has 9 heteroatoms. The molecule has 0 saturated heterocycles. The van der Waals surface area contributed by atoms with Crippen LogP contribution in [0.15, 0.2) is 79.5 Å². The third-order valence-electron chi connectivity index (χ3n) is 7.81. The van der Waals surface area contributed by atoms with Crippen LogP contribution in [0.5, 0.6) is 0 Å².